The quantitative estimate of drug-likeness (QED) is 0.741. The molecule has 1 aromatic heterocycles. The zero-order valence-electron chi connectivity index (χ0n) is 11.3. The number of carbonyl (C=O) groups excluding carboxylic acids is 1. The molecule has 1 amide bonds. The summed E-state index contributed by atoms with van der Waals surface area (Å²) in [6.45, 7) is 3.73. The van der Waals surface area contributed by atoms with Crippen LogP contribution >= 0.6 is 0 Å². The van der Waals surface area contributed by atoms with E-state index >= 15 is 0 Å². The van der Waals surface area contributed by atoms with Crippen molar-refractivity contribution in [3.63, 3.8) is 0 Å². The molecule has 19 heavy (non-hydrogen) atoms. The van der Waals surface area contributed by atoms with Gasteiger partial charge in [0.1, 0.15) is 15.6 Å². The molecule has 0 aromatic carbocycles. The van der Waals surface area contributed by atoms with Crippen molar-refractivity contribution in [2.75, 3.05) is 12.0 Å². The van der Waals surface area contributed by atoms with Crippen LogP contribution in [0.15, 0.2) is 4.42 Å². The summed E-state index contributed by atoms with van der Waals surface area (Å²) in [4.78, 5) is 15.7. The van der Waals surface area contributed by atoms with Crippen molar-refractivity contribution in [1.82, 2.24) is 10.3 Å². The molecular weight excluding hydrogens is 270 g/mol. The van der Waals surface area contributed by atoms with E-state index in [1.807, 2.05) is 6.92 Å². The molecule has 0 aliphatic carbocycles. The first kappa shape index (κ1) is 15.6. The molecule has 0 bridgehead atoms. The van der Waals surface area contributed by atoms with Crippen LogP contribution in [0.4, 0.5) is 0 Å². The first-order valence-corrected chi connectivity index (χ1v) is 7.89. The predicted octanol–water partition coefficient (Wildman–Crippen LogP) is -0.330. The Kier molecular flexibility index (Phi) is 5.07. The highest BCUT2D eigenvalue weighted by molar-refractivity contribution is 7.90. The second-order valence-electron chi connectivity index (χ2n) is 4.49. The van der Waals surface area contributed by atoms with Gasteiger partial charge in [-0.25, -0.2) is 13.4 Å². The number of sulfone groups is 1. The van der Waals surface area contributed by atoms with E-state index in [0.717, 1.165) is 11.9 Å². The van der Waals surface area contributed by atoms with Crippen LogP contribution in [0, 0.1) is 13.8 Å². The normalized spacial score (nSPS) is 13.3. The van der Waals surface area contributed by atoms with Crippen LogP contribution in [0.25, 0.3) is 0 Å². The molecule has 0 saturated heterocycles. The zero-order valence-corrected chi connectivity index (χ0v) is 12.1. The van der Waals surface area contributed by atoms with E-state index in [9.17, 15) is 13.2 Å². The van der Waals surface area contributed by atoms with E-state index in [0.29, 0.717) is 11.7 Å². The molecule has 3 N–H and O–H groups in total. The summed E-state index contributed by atoms with van der Waals surface area (Å²) in [5, 5.41) is 2.56. The molecule has 0 radical (unpaired) electrons. The summed E-state index contributed by atoms with van der Waals surface area (Å²) in [6, 6.07) is -0.855. The fourth-order valence-electron chi connectivity index (χ4n) is 1.38. The number of nitrogens with one attached hydrogen (secondary N) is 1. The molecule has 8 heteroatoms. The van der Waals surface area contributed by atoms with Gasteiger partial charge in [0.25, 0.3) is 0 Å². The molecule has 1 aromatic rings. The van der Waals surface area contributed by atoms with Crippen molar-refractivity contribution < 1.29 is 17.6 Å². The van der Waals surface area contributed by atoms with Crippen molar-refractivity contribution in [2.45, 2.75) is 32.9 Å². The lowest BCUT2D eigenvalue weighted by molar-refractivity contribution is -0.122. The second kappa shape index (κ2) is 6.16. The van der Waals surface area contributed by atoms with E-state index in [-0.39, 0.29) is 18.7 Å². The Balaban J connectivity index is 2.42. The van der Waals surface area contributed by atoms with E-state index in [4.69, 9.17) is 10.2 Å². The molecule has 7 nitrogen and oxygen atoms in total. The van der Waals surface area contributed by atoms with Gasteiger partial charge in [-0.1, -0.05) is 0 Å². The minimum atomic E-state index is -3.11. The third kappa shape index (κ3) is 5.39. The fourth-order valence-corrected chi connectivity index (χ4v) is 2.06. The first-order chi connectivity index (χ1) is 8.69. The lowest BCUT2D eigenvalue weighted by atomic mass is 10.2. The predicted molar refractivity (Wildman–Crippen MR) is 70.1 cm³/mol. The maximum atomic E-state index is 11.6. The van der Waals surface area contributed by atoms with Gasteiger partial charge < -0.3 is 15.5 Å². The van der Waals surface area contributed by atoms with E-state index in [1.54, 1.807) is 6.92 Å². The molecule has 1 unspecified atom stereocenters. The molecule has 108 valence electrons. The van der Waals surface area contributed by atoms with Gasteiger partial charge in [0.05, 0.1) is 24.0 Å². The topological polar surface area (TPSA) is 115 Å². The zero-order chi connectivity index (χ0) is 14.6. The molecule has 0 aliphatic heterocycles. The Hall–Kier alpha value is -1.41. The van der Waals surface area contributed by atoms with E-state index in [2.05, 4.69) is 10.3 Å². The van der Waals surface area contributed by atoms with Gasteiger partial charge in [-0.3, -0.25) is 4.79 Å². The standard InChI is InChI=1S/C11H19N3O4S/c1-7-8(2)18-10(14-7)6-13-11(15)9(12)4-5-19(3,16)17/h9H,4-6,12H2,1-3H3,(H,13,15). The maximum absolute atomic E-state index is 11.6. The van der Waals surface area contributed by atoms with Crippen molar-refractivity contribution in [2.24, 2.45) is 5.73 Å². The highest BCUT2D eigenvalue weighted by Crippen LogP contribution is 2.07. The highest BCUT2D eigenvalue weighted by Gasteiger charge is 2.16. The third-order valence-electron chi connectivity index (χ3n) is 2.62. The van der Waals surface area contributed by atoms with E-state index < -0.39 is 21.8 Å². The fraction of sp³-hybridized carbons (Fsp3) is 0.636. The number of carbonyl (C=O) groups is 1. The van der Waals surface area contributed by atoms with Crippen molar-refractivity contribution in [3.8, 4) is 0 Å². The van der Waals surface area contributed by atoms with Gasteiger partial charge in [-0.2, -0.15) is 0 Å². The summed E-state index contributed by atoms with van der Waals surface area (Å²) in [5.41, 5.74) is 6.37. The number of nitrogens with zero attached hydrogens (tertiary/aromatic N) is 1. The number of aryl methyl sites for hydroxylation is 2. The van der Waals surface area contributed by atoms with Gasteiger partial charge in [-0.15, -0.1) is 0 Å². The average Bonchev–Trinajstić information content (AvgIpc) is 2.61. The summed E-state index contributed by atoms with van der Waals surface area (Å²) in [5.74, 6) is 0.570. The van der Waals surface area contributed by atoms with Gasteiger partial charge in [0.2, 0.25) is 11.8 Å². The highest BCUT2D eigenvalue weighted by atomic mass is 32.2. The summed E-state index contributed by atoms with van der Waals surface area (Å²) < 4.78 is 27.2. The Bertz CT molecular complexity index is 531. The molecule has 0 fully saturated rings. The lowest BCUT2D eigenvalue weighted by Crippen LogP contribution is -2.41. The van der Waals surface area contributed by atoms with Gasteiger partial charge in [0, 0.05) is 6.26 Å². The number of amides is 1. The Morgan fingerprint density at radius 3 is 2.58 bits per heavy atom. The molecule has 0 saturated carbocycles. The summed E-state index contributed by atoms with van der Waals surface area (Å²) >= 11 is 0. The molecule has 0 aliphatic rings. The summed E-state index contributed by atoms with van der Waals surface area (Å²) in [6.07, 6.45) is 1.20. The third-order valence-corrected chi connectivity index (χ3v) is 3.60. The van der Waals surface area contributed by atoms with Crippen LogP contribution in [-0.2, 0) is 21.2 Å². The smallest absolute Gasteiger partial charge is 0.237 e. The van der Waals surface area contributed by atoms with Crippen LogP contribution in [0.1, 0.15) is 23.8 Å². The van der Waals surface area contributed by atoms with Crippen molar-refractivity contribution in [3.05, 3.63) is 17.3 Å². The van der Waals surface area contributed by atoms with Crippen LogP contribution in [0.5, 0.6) is 0 Å². The van der Waals surface area contributed by atoms with E-state index in [1.165, 1.54) is 0 Å². The number of hydrogen-bond donors (Lipinski definition) is 2. The average molecular weight is 289 g/mol. The minimum Gasteiger partial charge on any atom is -0.444 e. The molecule has 1 heterocycles. The number of aromatic nitrogens is 1. The van der Waals surface area contributed by atoms with Crippen molar-refractivity contribution in [1.29, 1.82) is 0 Å². The summed E-state index contributed by atoms with van der Waals surface area (Å²) in [7, 11) is -3.11. The minimum absolute atomic E-state index is 0.0916. The maximum Gasteiger partial charge on any atom is 0.237 e. The molecule has 1 atom stereocenters. The Labute approximate surface area is 112 Å². The van der Waals surface area contributed by atoms with Gasteiger partial charge in [-0.05, 0) is 20.3 Å². The monoisotopic (exact) mass is 289 g/mol. The molecule has 0 spiro atoms. The first-order valence-electron chi connectivity index (χ1n) is 5.83. The van der Waals surface area contributed by atoms with Gasteiger partial charge in [0.15, 0.2) is 0 Å². The van der Waals surface area contributed by atoms with Crippen molar-refractivity contribution >= 4 is 15.7 Å². The molecular formula is C11H19N3O4S. The number of nitrogens with two attached hydrogens (primary N) is 1. The van der Waals surface area contributed by atoms with Gasteiger partial charge >= 0.3 is 0 Å². The SMILES string of the molecule is Cc1nc(CNC(=O)C(N)CCS(C)(=O)=O)oc1C. The Morgan fingerprint density at radius 1 is 1.47 bits per heavy atom. The lowest BCUT2D eigenvalue weighted by Gasteiger charge is -2.10. The van der Waals surface area contributed by atoms with Crippen LogP contribution < -0.4 is 11.1 Å². The van der Waals surface area contributed by atoms with Crippen LogP contribution in [0.3, 0.4) is 0 Å². The largest absolute Gasteiger partial charge is 0.444 e. The van der Waals surface area contributed by atoms with Crippen LogP contribution in [0.2, 0.25) is 0 Å². The van der Waals surface area contributed by atoms with Crippen LogP contribution in [-0.4, -0.2) is 37.4 Å². The second-order valence-corrected chi connectivity index (χ2v) is 6.75. The number of rotatable bonds is 6. The number of oxazole rings is 1. The Morgan fingerprint density at radius 2 is 2.11 bits per heavy atom. The number of hydrogen-bond acceptors (Lipinski definition) is 6. The molecule has 1 rings (SSSR count).